The number of aromatic nitrogens is 2. The number of nitrogens with one attached hydrogen (secondary N) is 1. The van der Waals surface area contributed by atoms with E-state index in [1.165, 1.54) is 4.90 Å². The van der Waals surface area contributed by atoms with Crippen LogP contribution in [0.5, 0.6) is 0 Å². The molecule has 0 aromatic carbocycles. The average Bonchev–Trinajstić information content (AvgIpc) is 2.78. The minimum atomic E-state index is -4.10. The lowest BCUT2D eigenvalue weighted by Gasteiger charge is -2.32. The fourth-order valence-electron chi connectivity index (χ4n) is 2.42. The molecule has 0 bridgehead atoms. The van der Waals surface area contributed by atoms with Gasteiger partial charge in [0.25, 0.3) is 0 Å². The van der Waals surface area contributed by atoms with Crippen LogP contribution in [0.4, 0.5) is 18.9 Å². The van der Waals surface area contributed by atoms with Gasteiger partial charge in [0.2, 0.25) is 0 Å². The van der Waals surface area contributed by atoms with E-state index in [9.17, 15) is 13.2 Å². The van der Waals surface area contributed by atoms with Gasteiger partial charge in [0.05, 0.1) is 18.4 Å². The number of hydrogen-bond donors (Lipinski definition) is 1. The predicted octanol–water partition coefficient (Wildman–Crippen LogP) is 2.90. The molecular formula is C13H21F3N4. The van der Waals surface area contributed by atoms with E-state index in [1.807, 2.05) is 24.7 Å². The first-order valence-electron chi connectivity index (χ1n) is 6.93. The molecule has 0 amide bonds. The van der Waals surface area contributed by atoms with Gasteiger partial charge in [-0.2, -0.15) is 18.3 Å². The van der Waals surface area contributed by atoms with Gasteiger partial charge < -0.3 is 5.32 Å². The topological polar surface area (TPSA) is 33.1 Å². The molecule has 1 fully saturated rings. The monoisotopic (exact) mass is 290 g/mol. The van der Waals surface area contributed by atoms with Crippen molar-refractivity contribution in [2.45, 2.75) is 44.9 Å². The summed E-state index contributed by atoms with van der Waals surface area (Å²) in [6.07, 6.45) is 1.05. The number of alkyl halides is 3. The molecule has 1 aromatic heterocycles. The Hall–Kier alpha value is -1.24. The molecule has 7 heteroatoms. The third-order valence-electron chi connectivity index (χ3n) is 3.49. The molecule has 1 saturated heterocycles. The molecule has 0 radical (unpaired) electrons. The molecule has 1 aliphatic rings. The summed E-state index contributed by atoms with van der Waals surface area (Å²) >= 11 is 0. The second-order valence-electron chi connectivity index (χ2n) is 5.61. The summed E-state index contributed by atoms with van der Waals surface area (Å²) in [4.78, 5) is 1.47. The summed E-state index contributed by atoms with van der Waals surface area (Å²) in [5.41, 5.74) is 0.938. The second-order valence-corrected chi connectivity index (χ2v) is 5.61. The van der Waals surface area contributed by atoms with E-state index < -0.39 is 12.7 Å². The molecule has 20 heavy (non-hydrogen) atoms. The zero-order valence-electron chi connectivity index (χ0n) is 11.8. The Bertz CT molecular complexity index is 419. The number of halogens is 3. The van der Waals surface area contributed by atoms with E-state index in [0.717, 1.165) is 18.5 Å². The quantitative estimate of drug-likeness (QED) is 0.925. The number of nitrogens with zero attached hydrogens (tertiary/aromatic N) is 3. The van der Waals surface area contributed by atoms with Gasteiger partial charge in [0.1, 0.15) is 0 Å². The van der Waals surface area contributed by atoms with Crippen LogP contribution in [0.3, 0.4) is 0 Å². The highest BCUT2D eigenvalue weighted by atomic mass is 19.4. The highest BCUT2D eigenvalue weighted by molar-refractivity contribution is 5.39. The molecule has 0 unspecified atom stereocenters. The lowest BCUT2D eigenvalue weighted by Crippen LogP contribution is -2.43. The Morgan fingerprint density at radius 3 is 2.50 bits per heavy atom. The minimum Gasteiger partial charge on any atom is -0.380 e. The highest BCUT2D eigenvalue weighted by Gasteiger charge is 2.32. The Balaban J connectivity index is 1.79. The summed E-state index contributed by atoms with van der Waals surface area (Å²) in [6.45, 7) is 4.26. The van der Waals surface area contributed by atoms with Gasteiger partial charge in [-0.3, -0.25) is 9.58 Å². The van der Waals surface area contributed by atoms with Crippen molar-refractivity contribution in [2.24, 2.45) is 0 Å². The molecular weight excluding hydrogens is 269 g/mol. The maximum Gasteiger partial charge on any atom is 0.401 e. The Morgan fingerprint density at radius 2 is 2.00 bits per heavy atom. The molecule has 2 rings (SSSR count). The number of likely N-dealkylation sites (tertiary alicyclic amines) is 1. The first-order chi connectivity index (χ1) is 9.33. The Kier molecular flexibility index (Phi) is 4.57. The summed E-state index contributed by atoms with van der Waals surface area (Å²) in [5, 5.41) is 7.59. The number of rotatable bonds is 4. The second kappa shape index (κ2) is 6.03. The highest BCUT2D eigenvalue weighted by Crippen LogP contribution is 2.21. The lowest BCUT2D eigenvalue weighted by atomic mass is 10.0. The molecule has 0 aliphatic carbocycles. The van der Waals surface area contributed by atoms with Gasteiger partial charge in [-0.15, -0.1) is 0 Å². The first kappa shape index (κ1) is 15.2. The van der Waals surface area contributed by atoms with Crippen LogP contribution in [0.15, 0.2) is 12.4 Å². The summed E-state index contributed by atoms with van der Waals surface area (Å²) < 4.78 is 38.7. The lowest BCUT2D eigenvalue weighted by molar-refractivity contribution is -0.147. The zero-order chi connectivity index (χ0) is 14.8. The molecule has 4 nitrogen and oxygen atoms in total. The Labute approximate surface area is 116 Å². The first-order valence-corrected chi connectivity index (χ1v) is 6.93. The fourth-order valence-corrected chi connectivity index (χ4v) is 2.42. The van der Waals surface area contributed by atoms with Crippen LogP contribution >= 0.6 is 0 Å². The molecule has 114 valence electrons. The van der Waals surface area contributed by atoms with Gasteiger partial charge in [-0.25, -0.2) is 0 Å². The van der Waals surface area contributed by atoms with Gasteiger partial charge in [-0.05, 0) is 26.7 Å². The SMILES string of the molecule is CC(C)n1cc(NC2CCN(CC(F)(F)F)CC2)cn1. The largest absolute Gasteiger partial charge is 0.401 e. The van der Waals surface area contributed by atoms with E-state index >= 15 is 0 Å². The summed E-state index contributed by atoms with van der Waals surface area (Å²) in [5.74, 6) is 0. The maximum absolute atomic E-state index is 12.3. The van der Waals surface area contributed by atoms with Crippen molar-refractivity contribution in [2.75, 3.05) is 25.0 Å². The van der Waals surface area contributed by atoms with Crippen LogP contribution in [0.1, 0.15) is 32.7 Å². The van der Waals surface area contributed by atoms with E-state index in [4.69, 9.17) is 0 Å². The van der Waals surface area contributed by atoms with Gasteiger partial charge in [0, 0.05) is 31.4 Å². The average molecular weight is 290 g/mol. The van der Waals surface area contributed by atoms with E-state index in [0.29, 0.717) is 19.1 Å². The van der Waals surface area contributed by atoms with Crippen molar-refractivity contribution in [1.29, 1.82) is 0 Å². The molecule has 1 aliphatic heterocycles. The molecule has 2 heterocycles. The normalized spacial score (nSPS) is 18.7. The third-order valence-corrected chi connectivity index (χ3v) is 3.49. The van der Waals surface area contributed by atoms with Crippen molar-refractivity contribution in [3.8, 4) is 0 Å². The van der Waals surface area contributed by atoms with E-state index in [-0.39, 0.29) is 6.04 Å². The molecule has 0 saturated carbocycles. The van der Waals surface area contributed by atoms with Crippen molar-refractivity contribution in [3.63, 3.8) is 0 Å². The van der Waals surface area contributed by atoms with Crippen molar-refractivity contribution < 1.29 is 13.2 Å². The van der Waals surface area contributed by atoms with Crippen molar-refractivity contribution >= 4 is 5.69 Å². The molecule has 0 spiro atoms. The zero-order valence-corrected chi connectivity index (χ0v) is 11.8. The fraction of sp³-hybridized carbons (Fsp3) is 0.769. The summed E-state index contributed by atoms with van der Waals surface area (Å²) in [6, 6.07) is 0.531. The van der Waals surface area contributed by atoms with Crippen molar-refractivity contribution in [3.05, 3.63) is 12.4 Å². The molecule has 1 aromatic rings. The van der Waals surface area contributed by atoms with Crippen LogP contribution in [-0.4, -0.2) is 46.5 Å². The smallest absolute Gasteiger partial charge is 0.380 e. The van der Waals surface area contributed by atoms with Gasteiger partial charge >= 0.3 is 6.18 Å². The third kappa shape index (κ3) is 4.40. The minimum absolute atomic E-state index is 0.226. The van der Waals surface area contributed by atoms with Crippen LogP contribution in [0.25, 0.3) is 0 Å². The van der Waals surface area contributed by atoms with Crippen LogP contribution < -0.4 is 5.32 Å². The van der Waals surface area contributed by atoms with Gasteiger partial charge in [0.15, 0.2) is 0 Å². The van der Waals surface area contributed by atoms with Gasteiger partial charge in [-0.1, -0.05) is 0 Å². The van der Waals surface area contributed by atoms with E-state index in [1.54, 1.807) is 6.20 Å². The van der Waals surface area contributed by atoms with Crippen molar-refractivity contribution in [1.82, 2.24) is 14.7 Å². The van der Waals surface area contributed by atoms with Crippen LogP contribution in [-0.2, 0) is 0 Å². The van der Waals surface area contributed by atoms with Crippen LogP contribution in [0, 0.1) is 0 Å². The number of anilines is 1. The van der Waals surface area contributed by atoms with Crippen LogP contribution in [0.2, 0.25) is 0 Å². The number of hydrogen-bond acceptors (Lipinski definition) is 3. The van der Waals surface area contributed by atoms with E-state index in [2.05, 4.69) is 10.4 Å². The number of piperidine rings is 1. The maximum atomic E-state index is 12.3. The predicted molar refractivity (Wildman–Crippen MR) is 71.8 cm³/mol. The molecule has 1 N–H and O–H groups in total. The molecule has 0 atom stereocenters. The summed E-state index contributed by atoms with van der Waals surface area (Å²) in [7, 11) is 0. The standard InChI is InChI=1S/C13H21F3N4/c1-10(2)20-8-12(7-17-20)18-11-3-5-19(6-4-11)9-13(14,15)16/h7-8,10-11,18H,3-6,9H2,1-2H3. The Morgan fingerprint density at radius 1 is 1.35 bits per heavy atom.